The highest BCUT2D eigenvalue weighted by atomic mass is 79.9. The topological polar surface area (TPSA) is 109 Å². The van der Waals surface area contributed by atoms with E-state index in [0.717, 1.165) is 11.3 Å². The Balaban J connectivity index is 1.77. The van der Waals surface area contributed by atoms with Crippen LogP contribution >= 0.6 is 38.9 Å². The highest BCUT2D eigenvalue weighted by molar-refractivity contribution is 9.10. The van der Waals surface area contributed by atoms with Gasteiger partial charge < -0.3 is 19.5 Å². The van der Waals surface area contributed by atoms with Crippen LogP contribution in [0.1, 0.15) is 56.3 Å². The third-order valence-corrected chi connectivity index (χ3v) is 6.64. The largest absolute Gasteiger partial charge is 0.470 e. The molecule has 3 rings (SSSR count). The van der Waals surface area contributed by atoms with Crippen molar-refractivity contribution < 1.29 is 28.6 Å². The monoisotopic (exact) mass is 583 g/mol. The van der Waals surface area contributed by atoms with Gasteiger partial charge in [0.25, 0.3) is 5.91 Å². The van der Waals surface area contributed by atoms with Crippen molar-refractivity contribution in [2.45, 2.75) is 33.9 Å². The number of rotatable bonds is 10. The lowest BCUT2D eigenvalue weighted by molar-refractivity contribution is 0.0506. The Kier molecular flexibility index (Phi) is 9.30. The van der Waals surface area contributed by atoms with Crippen molar-refractivity contribution in [2.24, 2.45) is 0 Å². The first kappa shape index (κ1) is 26.7. The summed E-state index contributed by atoms with van der Waals surface area (Å²) in [5, 5.41) is 7.65. The van der Waals surface area contributed by atoms with Crippen molar-refractivity contribution in [1.82, 2.24) is 9.78 Å². The minimum Gasteiger partial charge on any atom is -0.470 e. The molecule has 3 aromatic rings. The molecule has 0 unspecified atom stereocenters. The van der Waals surface area contributed by atoms with Gasteiger partial charge in [-0.2, -0.15) is 5.10 Å². The number of carbonyl (C=O) groups is 3. The third kappa shape index (κ3) is 6.62. The quantitative estimate of drug-likeness (QED) is 0.305. The summed E-state index contributed by atoms with van der Waals surface area (Å²) in [5.41, 5.74) is 0.605. The molecule has 186 valence electrons. The summed E-state index contributed by atoms with van der Waals surface area (Å²) in [6.45, 7) is 5.61. The molecule has 35 heavy (non-hydrogen) atoms. The Bertz CT molecular complexity index is 1240. The summed E-state index contributed by atoms with van der Waals surface area (Å²) in [6, 6.07) is 6.62. The Labute approximate surface area is 219 Å². The molecule has 1 amide bonds. The summed E-state index contributed by atoms with van der Waals surface area (Å²) in [6.07, 6.45) is 2.21. The summed E-state index contributed by atoms with van der Waals surface area (Å²) >= 11 is 10.3. The molecule has 0 saturated carbocycles. The van der Waals surface area contributed by atoms with E-state index in [0.29, 0.717) is 27.2 Å². The second-order valence-electron chi connectivity index (χ2n) is 7.16. The zero-order valence-electron chi connectivity index (χ0n) is 19.2. The minimum atomic E-state index is -0.626. The number of halogens is 2. The first-order valence-corrected chi connectivity index (χ1v) is 12.6. The zero-order chi connectivity index (χ0) is 25.5. The van der Waals surface area contributed by atoms with Crippen molar-refractivity contribution in [1.29, 1.82) is 0 Å². The van der Waals surface area contributed by atoms with Crippen LogP contribution in [0.3, 0.4) is 0 Å². The molecule has 0 atom stereocenters. The molecule has 2 aromatic heterocycles. The lowest BCUT2D eigenvalue weighted by Crippen LogP contribution is -2.16. The molecule has 0 spiro atoms. The number of nitrogens with one attached hydrogen (secondary N) is 1. The molecule has 0 saturated heterocycles. The van der Waals surface area contributed by atoms with Crippen LogP contribution in [-0.2, 0) is 16.2 Å². The van der Waals surface area contributed by atoms with Crippen LogP contribution < -0.4 is 10.1 Å². The molecule has 0 aliphatic heterocycles. The van der Waals surface area contributed by atoms with Gasteiger partial charge in [-0.15, -0.1) is 11.3 Å². The minimum absolute atomic E-state index is 0.0488. The zero-order valence-corrected chi connectivity index (χ0v) is 22.4. The molecule has 12 heteroatoms. The molecule has 1 N–H and O–H groups in total. The molecule has 0 aliphatic rings. The predicted molar refractivity (Wildman–Crippen MR) is 136 cm³/mol. The average molecular weight is 585 g/mol. The molecular weight excluding hydrogens is 562 g/mol. The molecule has 0 radical (unpaired) electrons. The van der Waals surface area contributed by atoms with Crippen LogP contribution in [0, 0.1) is 6.92 Å². The summed E-state index contributed by atoms with van der Waals surface area (Å²) in [4.78, 5) is 38.1. The van der Waals surface area contributed by atoms with Crippen LogP contribution in [0.25, 0.3) is 0 Å². The highest BCUT2D eigenvalue weighted by Crippen LogP contribution is 2.34. The number of benzene rings is 1. The Hall–Kier alpha value is -2.89. The second kappa shape index (κ2) is 12.2. The standard InChI is InChI=1S/C23H23BrClN3O6S/c1-4-10-33-22(30)18-13(3)19(23(31)32-5-2)35-21(18)26-20(29)16-8-9-28(27-16)12-34-17-7-6-14(25)11-15(17)24/h6-9,11H,4-5,10,12H2,1-3H3,(H,26,29). The molecule has 9 nitrogen and oxygen atoms in total. The van der Waals surface area contributed by atoms with E-state index < -0.39 is 17.8 Å². The number of thiophene rings is 1. The Morgan fingerprint density at radius 2 is 1.94 bits per heavy atom. The van der Waals surface area contributed by atoms with Crippen molar-refractivity contribution >= 4 is 61.7 Å². The van der Waals surface area contributed by atoms with E-state index in [1.807, 2.05) is 6.92 Å². The number of hydrogen-bond acceptors (Lipinski definition) is 8. The number of amides is 1. The van der Waals surface area contributed by atoms with Crippen molar-refractivity contribution in [2.75, 3.05) is 18.5 Å². The maximum Gasteiger partial charge on any atom is 0.348 e. The highest BCUT2D eigenvalue weighted by Gasteiger charge is 2.28. The number of anilines is 1. The first-order chi connectivity index (χ1) is 16.7. The summed E-state index contributed by atoms with van der Waals surface area (Å²) in [7, 11) is 0. The van der Waals surface area contributed by atoms with Crippen LogP contribution in [0.2, 0.25) is 5.02 Å². The maximum atomic E-state index is 12.9. The number of aromatic nitrogens is 2. The summed E-state index contributed by atoms with van der Waals surface area (Å²) in [5.74, 6) is -1.20. The maximum absolute atomic E-state index is 12.9. The van der Waals surface area contributed by atoms with Crippen molar-refractivity contribution in [3.05, 3.63) is 61.7 Å². The van der Waals surface area contributed by atoms with Gasteiger partial charge in [-0.25, -0.2) is 14.3 Å². The van der Waals surface area contributed by atoms with Gasteiger partial charge in [-0.1, -0.05) is 18.5 Å². The third-order valence-electron chi connectivity index (χ3n) is 4.60. The van der Waals surface area contributed by atoms with Crippen molar-refractivity contribution in [3.63, 3.8) is 0 Å². The Morgan fingerprint density at radius 1 is 1.17 bits per heavy atom. The SMILES string of the molecule is CCCOC(=O)c1c(NC(=O)c2ccn(COc3ccc(Cl)cc3Br)n2)sc(C(=O)OCC)c1C. The normalized spacial score (nSPS) is 10.7. The number of nitrogens with zero attached hydrogens (tertiary/aromatic N) is 2. The average Bonchev–Trinajstić information content (AvgIpc) is 3.41. The van der Waals surface area contributed by atoms with E-state index >= 15 is 0 Å². The number of ether oxygens (including phenoxy) is 3. The van der Waals surface area contributed by atoms with E-state index in [4.69, 9.17) is 25.8 Å². The van der Waals surface area contributed by atoms with Gasteiger partial charge in [-0.05, 0) is 66.0 Å². The number of hydrogen-bond donors (Lipinski definition) is 1. The van der Waals surface area contributed by atoms with Gasteiger partial charge in [0, 0.05) is 11.2 Å². The van der Waals surface area contributed by atoms with Gasteiger partial charge in [0.1, 0.15) is 15.6 Å². The summed E-state index contributed by atoms with van der Waals surface area (Å²) < 4.78 is 18.1. The Morgan fingerprint density at radius 3 is 2.63 bits per heavy atom. The fraction of sp³-hybridized carbons (Fsp3) is 0.304. The van der Waals surface area contributed by atoms with Crippen LogP contribution in [0.4, 0.5) is 5.00 Å². The molecular formula is C23H23BrClN3O6S. The van der Waals surface area contributed by atoms with E-state index in [1.165, 1.54) is 10.7 Å². The predicted octanol–water partition coefficient (Wildman–Crippen LogP) is 5.70. The lowest BCUT2D eigenvalue weighted by atomic mass is 10.1. The van der Waals surface area contributed by atoms with Gasteiger partial charge >= 0.3 is 11.9 Å². The molecule has 0 aliphatic carbocycles. The van der Waals surface area contributed by atoms with E-state index in [9.17, 15) is 14.4 Å². The van der Waals surface area contributed by atoms with Gasteiger partial charge in [0.2, 0.25) is 0 Å². The lowest BCUT2D eigenvalue weighted by Gasteiger charge is -2.08. The number of esters is 2. The van der Waals surface area contributed by atoms with Crippen LogP contribution in [-0.4, -0.2) is 40.8 Å². The second-order valence-corrected chi connectivity index (χ2v) is 9.47. The molecule has 0 bridgehead atoms. The van der Waals surface area contributed by atoms with E-state index in [1.54, 1.807) is 38.2 Å². The van der Waals surface area contributed by atoms with E-state index in [-0.39, 0.29) is 41.1 Å². The first-order valence-electron chi connectivity index (χ1n) is 10.6. The number of carbonyl (C=O) groups excluding carboxylic acids is 3. The van der Waals surface area contributed by atoms with Gasteiger partial charge in [0.15, 0.2) is 12.4 Å². The molecule has 0 fully saturated rings. The fourth-order valence-electron chi connectivity index (χ4n) is 2.96. The van der Waals surface area contributed by atoms with Gasteiger partial charge in [-0.3, -0.25) is 4.79 Å². The molecule has 2 heterocycles. The van der Waals surface area contributed by atoms with E-state index in [2.05, 4.69) is 26.3 Å². The fourth-order valence-corrected chi connectivity index (χ4v) is 4.84. The van der Waals surface area contributed by atoms with Crippen LogP contribution in [0.5, 0.6) is 5.75 Å². The van der Waals surface area contributed by atoms with Crippen molar-refractivity contribution in [3.8, 4) is 5.75 Å². The van der Waals surface area contributed by atoms with Crippen LogP contribution in [0.15, 0.2) is 34.9 Å². The molecule has 1 aromatic carbocycles. The smallest absolute Gasteiger partial charge is 0.348 e. The van der Waals surface area contributed by atoms with Gasteiger partial charge in [0.05, 0.1) is 23.2 Å².